The summed E-state index contributed by atoms with van der Waals surface area (Å²) in [6, 6.07) is 0. The van der Waals surface area contributed by atoms with Crippen molar-refractivity contribution < 1.29 is 14.3 Å². The first kappa shape index (κ1) is 14.3. The smallest absolute Gasteiger partial charge is 0.355 e. The molecule has 5 heteroatoms. The number of aryl methyl sites for hydroxylation is 1. The van der Waals surface area contributed by atoms with E-state index in [0.717, 1.165) is 6.42 Å². The number of aromatic amines is 1. The average molecular weight is 252 g/mol. The molecule has 1 aromatic rings. The first-order valence-corrected chi connectivity index (χ1v) is 6.17. The van der Waals surface area contributed by atoms with Gasteiger partial charge in [0.05, 0.1) is 12.2 Å². The van der Waals surface area contributed by atoms with Crippen LogP contribution in [0.5, 0.6) is 0 Å². The van der Waals surface area contributed by atoms with Crippen LogP contribution in [0.15, 0.2) is 0 Å². The van der Waals surface area contributed by atoms with Crippen LogP contribution in [-0.4, -0.2) is 30.0 Å². The van der Waals surface area contributed by atoms with Gasteiger partial charge in [-0.3, -0.25) is 4.79 Å². The fourth-order valence-electron chi connectivity index (χ4n) is 1.82. The van der Waals surface area contributed by atoms with E-state index in [9.17, 15) is 9.59 Å². The molecule has 18 heavy (non-hydrogen) atoms. The summed E-state index contributed by atoms with van der Waals surface area (Å²) in [5, 5.41) is 2.80. The number of hydrogen-bond donors (Lipinski definition) is 2. The maximum Gasteiger partial charge on any atom is 0.355 e. The molecule has 2 N–H and O–H groups in total. The van der Waals surface area contributed by atoms with Gasteiger partial charge in [-0.15, -0.1) is 0 Å². The van der Waals surface area contributed by atoms with Crippen LogP contribution in [0.25, 0.3) is 0 Å². The number of ether oxygens (including phenoxy) is 1. The Morgan fingerprint density at radius 2 is 1.94 bits per heavy atom. The maximum atomic E-state index is 12.0. The zero-order chi connectivity index (χ0) is 13.7. The molecule has 0 aliphatic carbocycles. The highest BCUT2D eigenvalue weighted by atomic mass is 16.5. The van der Waals surface area contributed by atoms with Gasteiger partial charge in [-0.2, -0.15) is 0 Å². The summed E-state index contributed by atoms with van der Waals surface area (Å²) < 4.78 is 4.94. The summed E-state index contributed by atoms with van der Waals surface area (Å²) in [6.45, 7) is 8.19. The predicted molar refractivity (Wildman–Crippen MR) is 68.8 cm³/mol. The third-order valence-corrected chi connectivity index (χ3v) is 2.68. The molecule has 5 nitrogen and oxygen atoms in total. The quantitative estimate of drug-likeness (QED) is 0.787. The molecule has 0 aliphatic rings. The van der Waals surface area contributed by atoms with Crippen LogP contribution in [-0.2, 0) is 4.74 Å². The number of carbonyl (C=O) groups is 2. The Morgan fingerprint density at radius 3 is 2.50 bits per heavy atom. The van der Waals surface area contributed by atoms with Crippen molar-refractivity contribution in [3.8, 4) is 0 Å². The third-order valence-electron chi connectivity index (χ3n) is 2.68. The van der Waals surface area contributed by atoms with Crippen LogP contribution < -0.4 is 5.32 Å². The lowest BCUT2D eigenvalue weighted by Gasteiger charge is -2.04. The van der Waals surface area contributed by atoms with Crippen LogP contribution in [0.4, 0.5) is 0 Å². The van der Waals surface area contributed by atoms with E-state index in [1.54, 1.807) is 20.8 Å². The minimum absolute atomic E-state index is 0.154. The van der Waals surface area contributed by atoms with Gasteiger partial charge < -0.3 is 15.0 Å². The van der Waals surface area contributed by atoms with Crippen LogP contribution in [0.2, 0.25) is 0 Å². The number of hydrogen-bond acceptors (Lipinski definition) is 3. The van der Waals surface area contributed by atoms with Gasteiger partial charge in [0, 0.05) is 12.2 Å². The molecule has 1 amide bonds. The molecule has 0 spiro atoms. The van der Waals surface area contributed by atoms with Crippen molar-refractivity contribution in [1.29, 1.82) is 0 Å². The van der Waals surface area contributed by atoms with Gasteiger partial charge in [0.15, 0.2) is 0 Å². The van der Waals surface area contributed by atoms with E-state index in [1.807, 2.05) is 6.92 Å². The summed E-state index contributed by atoms with van der Waals surface area (Å²) in [6.07, 6.45) is 0.874. The van der Waals surface area contributed by atoms with Crippen LogP contribution >= 0.6 is 0 Å². The SMILES string of the molecule is CCCNC(=O)c1c(C)[nH]c(C(=O)OCC)c1C. The number of rotatable bonds is 5. The fourth-order valence-corrected chi connectivity index (χ4v) is 1.82. The Kier molecular flexibility index (Phi) is 4.95. The molecule has 1 rings (SSSR count). The van der Waals surface area contributed by atoms with E-state index in [2.05, 4.69) is 10.3 Å². The molecule has 0 fully saturated rings. The van der Waals surface area contributed by atoms with Gasteiger partial charge in [-0.1, -0.05) is 6.92 Å². The predicted octanol–water partition coefficient (Wildman–Crippen LogP) is 1.95. The van der Waals surface area contributed by atoms with E-state index >= 15 is 0 Å². The van der Waals surface area contributed by atoms with E-state index in [0.29, 0.717) is 35.7 Å². The topological polar surface area (TPSA) is 71.2 Å². The number of esters is 1. The number of aromatic nitrogens is 1. The summed E-state index contributed by atoms with van der Waals surface area (Å²) in [7, 11) is 0. The summed E-state index contributed by atoms with van der Waals surface area (Å²) in [5.41, 5.74) is 2.21. The lowest BCUT2D eigenvalue weighted by Crippen LogP contribution is -2.25. The number of carbonyl (C=O) groups excluding carboxylic acids is 2. The summed E-state index contributed by atoms with van der Waals surface area (Å²) in [5.74, 6) is -0.578. The van der Waals surface area contributed by atoms with E-state index in [1.165, 1.54) is 0 Å². The van der Waals surface area contributed by atoms with E-state index in [4.69, 9.17) is 4.74 Å². The Balaban J connectivity index is 3.00. The molecule has 0 saturated carbocycles. The van der Waals surface area contributed by atoms with Crippen LogP contribution in [0.1, 0.15) is 52.4 Å². The second-order valence-electron chi connectivity index (χ2n) is 4.10. The second kappa shape index (κ2) is 6.23. The Bertz CT molecular complexity index is 449. The van der Waals surface area contributed by atoms with Gasteiger partial charge in [0.1, 0.15) is 5.69 Å². The van der Waals surface area contributed by atoms with Crippen molar-refractivity contribution in [2.45, 2.75) is 34.1 Å². The van der Waals surface area contributed by atoms with E-state index in [-0.39, 0.29) is 5.91 Å². The first-order valence-electron chi connectivity index (χ1n) is 6.17. The standard InChI is InChI=1S/C13H20N2O3/c1-5-7-14-12(16)10-8(3)11(15-9(10)4)13(17)18-6-2/h15H,5-7H2,1-4H3,(H,14,16). The van der Waals surface area contributed by atoms with Crippen molar-refractivity contribution >= 4 is 11.9 Å². The minimum Gasteiger partial charge on any atom is -0.461 e. The van der Waals surface area contributed by atoms with Gasteiger partial charge >= 0.3 is 5.97 Å². The molecule has 1 heterocycles. The summed E-state index contributed by atoms with van der Waals surface area (Å²) >= 11 is 0. The largest absolute Gasteiger partial charge is 0.461 e. The molecule has 0 atom stereocenters. The van der Waals surface area contributed by atoms with Crippen molar-refractivity contribution in [3.05, 3.63) is 22.5 Å². The monoisotopic (exact) mass is 252 g/mol. The lowest BCUT2D eigenvalue weighted by atomic mass is 10.1. The molecule has 0 aliphatic heterocycles. The summed E-state index contributed by atoms with van der Waals surface area (Å²) in [4.78, 5) is 26.6. The second-order valence-corrected chi connectivity index (χ2v) is 4.10. The Labute approximate surface area is 107 Å². The lowest BCUT2D eigenvalue weighted by molar-refractivity contribution is 0.0519. The zero-order valence-electron chi connectivity index (χ0n) is 11.3. The van der Waals surface area contributed by atoms with E-state index < -0.39 is 5.97 Å². The molecular formula is C13H20N2O3. The Morgan fingerprint density at radius 1 is 1.28 bits per heavy atom. The van der Waals surface area contributed by atoms with Crippen molar-refractivity contribution in [3.63, 3.8) is 0 Å². The van der Waals surface area contributed by atoms with Gasteiger partial charge in [-0.05, 0) is 32.8 Å². The van der Waals surface area contributed by atoms with Gasteiger partial charge in [0.2, 0.25) is 0 Å². The highest BCUT2D eigenvalue weighted by Crippen LogP contribution is 2.18. The maximum absolute atomic E-state index is 12.0. The van der Waals surface area contributed by atoms with Crippen molar-refractivity contribution in [2.75, 3.05) is 13.2 Å². The molecule has 0 bridgehead atoms. The minimum atomic E-state index is -0.423. The highest BCUT2D eigenvalue weighted by Gasteiger charge is 2.22. The number of amides is 1. The molecule has 1 aromatic heterocycles. The third kappa shape index (κ3) is 2.91. The van der Waals surface area contributed by atoms with Gasteiger partial charge in [0.25, 0.3) is 5.91 Å². The Hall–Kier alpha value is -1.78. The number of nitrogens with one attached hydrogen (secondary N) is 2. The first-order chi connectivity index (χ1) is 8.52. The molecule has 100 valence electrons. The molecule has 0 radical (unpaired) electrons. The van der Waals surface area contributed by atoms with Gasteiger partial charge in [-0.25, -0.2) is 4.79 Å². The molecule has 0 unspecified atom stereocenters. The normalized spacial score (nSPS) is 10.2. The molecule has 0 saturated heterocycles. The fraction of sp³-hybridized carbons (Fsp3) is 0.538. The zero-order valence-corrected chi connectivity index (χ0v) is 11.3. The van der Waals surface area contributed by atoms with Crippen molar-refractivity contribution in [1.82, 2.24) is 10.3 Å². The van der Waals surface area contributed by atoms with Crippen molar-refractivity contribution in [2.24, 2.45) is 0 Å². The number of H-pyrrole nitrogens is 1. The average Bonchev–Trinajstić information content (AvgIpc) is 2.62. The molecular weight excluding hydrogens is 232 g/mol. The van der Waals surface area contributed by atoms with Crippen LogP contribution in [0, 0.1) is 13.8 Å². The van der Waals surface area contributed by atoms with Crippen LogP contribution in [0.3, 0.4) is 0 Å². The highest BCUT2D eigenvalue weighted by molar-refractivity contribution is 6.01. The molecule has 0 aromatic carbocycles.